The molecule has 0 aromatic heterocycles. The molecular formula is C22H32N4O3. The summed E-state index contributed by atoms with van der Waals surface area (Å²) in [5.74, 6) is 0.0158. The first-order valence-electron chi connectivity index (χ1n) is 10.6. The number of amides is 3. The number of hydrogen-bond donors (Lipinski definition) is 0. The summed E-state index contributed by atoms with van der Waals surface area (Å²) in [5, 5.41) is 0. The Morgan fingerprint density at radius 3 is 2.31 bits per heavy atom. The second-order valence-corrected chi connectivity index (χ2v) is 7.83. The van der Waals surface area contributed by atoms with Gasteiger partial charge in [-0.3, -0.25) is 19.3 Å². The molecule has 29 heavy (non-hydrogen) atoms. The summed E-state index contributed by atoms with van der Waals surface area (Å²) in [6, 6.07) is 9.88. The van der Waals surface area contributed by atoms with E-state index in [1.165, 1.54) is 0 Å². The predicted octanol–water partition coefficient (Wildman–Crippen LogP) is 1.05. The topological polar surface area (TPSA) is 64.2 Å². The summed E-state index contributed by atoms with van der Waals surface area (Å²) >= 11 is 0. The van der Waals surface area contributed by atoms with Gasteiger partial charge in [-0.15, -0.1) is 0 Å². The van der Waals surface area contributed by atoms with Gasteiger partial charge in [0.2, 0.25) is 17.7 Å². The number of likely N-dealkylation sites (tertiary alicyclic amines) is 1. The molecule has 2 fully saturated rings. The van der Waals surface area contributed by atoms with Crippen molar-refractivity contribution in [3.8, 4) is 0 Å². The molecule has 0 radical (unpaired) electrons. The van der Waals surface area contributed by atoms with E-state index in [9.17, 15) is 14.4 Å². The molecule has 0 saturated carbocycles. The minimum atomic E-state index is -0.255. The van der Waals surface area contributed by atoms with Crippen LogP contribution >= 0.6 is 0 Å². The van der Waals surface area contributed by atoms with Crippen LogP contribution in [0.25, 0.3) is 0 Å². The maximum Gasteiger partial charge on any atom is 0.236 e. The Labute approximate surface area is 173 Å². The van der Waals surface area contributed by atoms with Crippen molar-refractivity contribution in [2.75, 3.05) is 52.4 Å². The van der Waals surface area contributed by atoms with Crippen molar-refractivity contribution in [3.63, 3.8) is 0 Å². The zero-order chi connectivity index (χ0) is 20.8. The van der Waals surface area contributed by atoms with Gasteiger partial charge < -0.3 is 14.7 Å². The van der Waals surface area contributed by atoms with Crippen molar-refractivity contribution < 1.29 is 14.4 Å². The van der Waals surface area contributed by atoms with E-state index in [2.05, 4.69) is 4.90 Å². The fourth-order valence-electron chi connectivity index (χ4n) is 4.15. The number of piperazine rings is 1. The molecule has 0 spiro atoms. The first kappa shape index (κ1) is 21.3. The normalized spacial score (nSPS) is 20.2. The molecule has 0 aliphatic carbocycles. The molecular weight excluding hydrogens is 368 g/mol. The minimum Gasteiger partial charge on any atom is -0.342 e. The Morgan fingerprint density at radius 2 is 1.69 bits per heavy atom. The lowest BCUT2D eigenvalue weighted by Crippen LogP contribution is -2.52. The summed E-state index contributed by atoms with van der Waals surface area (Å²) in [6.07, 6.45) is 0.298. The van der Waals surface area contributed by atoms with Gasteiger partial charge in [-0.25, -0.2) is 0 Å². The maximum atomic E-state index is 12.9. The van der Waals surface area contributed by atoms with Crippen LogP contribution in [0.4, 0.5) is 0 Å². The first-order chi connectivity index (χ1) is 14.0. The molecule has 3 rings (SSSR count). The van der Waals surface area contributed by atoms with Gasteiger partial charge in [0.15, 0.2) is 0 Å². The summed E-state index contributed by atoms with van der Waals surface area (Å²) in [4.78, 5) is 45.2. The summed E-state index contributed by atoms with van der Waals surface area (Å²) in [6.45, 7) is 9.53. The number of benzene rings is 1. The number of carbonyl (C=O) groups is 3. The van der Waals surface area contributed by atoms with Crippen LogP contribution < -0.4 is 0 Å². The first-order valence-corrected chi connectivity index (χ1v) is 10.6. The van der Waals surface area contributed by atoms with Crippen LogP contribution in [0.3, 0.4) is 0 Å². The van der Waals surface area contributed by atoms with Gasteiger partial charge in [0, 0.05) is 58.8 Å². The third-order valence-corrected chi connectivity index (χ3v) is 5.94. The Morgan fingerprint density at radius 1 is 1.03 bits per heavy atom. The van der Waals surface area contributed by atoms with Crippen molar-refractivity contribution >= 4 is 17.7 Å². The second-order valence-electron chi connectivity index (χ2n) is 7.83. The molecule has 1 aromatic carbocycles. The third kappa shape index (κ3) is 5.35. The van der Waals surface area contributed by atoms with Crippen molar-refractivity contribution in [3.05, 3.63) is 35.9 Å². The molecule has 2 aliphatic heterocycles. The van der Waals surface area contributed by atoms with Crippen LogP contribution in [0.5, 0.6) is 0 Å². The van der Waals surface area contributed by atoms with E-state index < -0.39 is 0 Å². The molecule has 0 bridgehead atoms. The SMILES string of the molecule is CCN(CC)C(=O)CN1CCN(C(=O)C2CC(=O)N(Cc3ccccc3)C2)CC1. The molecule has 158 valence electrons. The second kappa shape index (κ2) is 9.87. The predicted molar refractivity (Wildman–Crippen MR) is 111 cm³/mol. The molecule has 2 saturated heterocycles. The Hall–Kier alpha value is -2.41. The highest BCUT2D eigenvalue weighted by atomic mass is 16.2. The highest BCUT2D eigenvalue weighted by molar-refractivity contribution is 5.89. The lowest BCUT2D eigenvalue weighted by molar-refractivity contribution is -0.138. The lowest BCUT2D eigenvalue weighted by atomic mass is 10.1. The van der Waals surface area contributed by atoms with Crippen LogP contribution in [0, 0.1) is 5.92 Å². The largest absolute Gasteiger partial charge is 0.342 e. The van der Waals surface area contributed by atoms with Gasteiger partial charge in [-0.1, -0.05) is 30.3 Å². The Bertz CT molecular complexity index is 712. The van der Waals surface area contributed by atoms with E-state index >= 15 is 0 Å². The van der Waals surface area contributed by atoms with E-state index in [0.29, 0.717) is 52.2 Å². The van der Waals surface area contributed by atoms with Crippen LogP contribution in [0.1, 0.15) is 25.8 Å². The fourth-order valence-corrected chi connectivity index (χ4v) is 4.15. The highest BCUT2D eigenvalue weighted by Crippen LogP contribution is 2.23. The van der Waals surface area contributed by atoms with Crippen LogP contribution in [-0.2, 0) is 20.9 Å². The number of carbonyl (C=O) groups excluding carboxylic acids is 3. The molecule has 2 heterocycles. The van der Waals surface area contributed by atoms with E-state index in [0.717, 1.165) is 18.7 Å². The zero-order valence-electron chi connectivity index (χ0n) is 17.5. The molecule has 1 aromatic rings. The average molecular weight is 401 g/mol. The molecule has 2 aliphatic rings. The molecule has 1 unspecified atom stereocenters. The van der Waals surface area contributed by atoms with Crippen LogP contribution in [0.2, 0.25) is 0 Å². The van der Waals surface area contributed by atoms with E-state index in [1.807, 2.05) is 54.0 Å². The van der Waals surface area contributed by atoms with Gasteiger partial charge in [-0.2, -0.15) is 0 Å². The number of hydrogen-bond acceptors (Lipinski definition) is 4. The average Bonchev–Trinajstić information content (AvgIpc) is 3.10. The lowest BCUT2D eigenvalue weighted by Gasteiger charge is -2.36. The minimum absolute atomic E-state index is 0.0515. The zero-order valence-corrected chi connectivity index (χ0v) is 17.5. The van der Waals surface area contributed by atoms with E-state index in [-0.39, 0.29) is 23.6 Å². The van der Waals surface area contributed by atoms with Crippen molar-refractivity contribution in [2.24, 2.45) is 5.92 Å². The van der Waals surface area contributed by atoms with Crippen LogP contribution in [0.15, 0.2) is 30.3 Å². The number of rotatable bonds is 7. The molecule has 0 N–H and O–H groups in total. The molecule has 7 nitrogen and oxygen atoms in total. The van der Waals surface area contributed by atoms with Crippen molar-refractivity contribution in [1.29, 1.82) is 0 Å². The Kier molecular flexibility index (Phi) is 7.25. The monoisotopic (exact) mass is 400 g/mol. The van der Waals surface area contributed by atoms with Gasteiger partial charge in [0.05, 0.1) is 12.5 Å². The molecule has 3 amide bonds. The Balaban J connectivity index is 1.47. The van der Waals surface area contributed by atoms with E-state index in [4.69, 9.17) is 0 Å². The summed E-state index contributed by atoms with van der Waals surface area (Å²) in [7, 11) is 0. The maximum absolute atomic E-state index is 12.9. The van der Waals surface area contributed by atoms with Crippen molar-refractivity contribution in [2.45, 2.75) is 26.8 Å². The smallest absolute Gasteiger partial charge is 0.236 e. The van der Waals surface area contributed by atoms with Crippen molar-refractivity contribution in [1.82, 2.24) is 19.6 Å². The quantitative estimate of drug-likeness (QED) is 0.686. The summed E-state index contributed by atoms with van der Waals surface area (Å²) < 4.78 is 0. The summed E-state index contributed by atoms with van der Waals surface area (Å²) in [5.41, 5.74) is 1.08. The van der Waals surface area contributed by atoms with Gasteiger partial charge in [0.1, 0.15) is 0 Å². The van der Waals surface area contributed by atoms with Gasteiger partial charge in [-0.05, 0) is 19.4 Å². The standard InChI is InChI=1S/C22H32N4O3/c1-3-24(4-2)21(28)17-23-10-12-25(13-11-23)22(29)19-14-20(27)26(16-19)15-18-8-6-5-7-9-18/h5-9,19H,3-4,10-17H2,1-2H3. The fraction of sp³-hybridized carbons (Fsp3) is 0.591. The number of nitrogens with zero attached hydrogens (tertiary/aromatic N) is 4. The van der Waals surface area contributed by atoms with Gasteiger partial charge >= 0.3 is 0 Å². The molecule has 1 atom stereocenters. The molecule has 7 heteroatoms. The third-order valence-electron chi connectivity index (χ3n) is 5.94. The number of likely N-dealkylation sites (N-methyl/N-ethyl adjacent to an activating group) is 1. The highest BCUT2D eigenvalue weighted by Gasteiger charge is 2.37. The van der Waals surface area contributed by atoms with E-state index in [1.54, 1.807) is 4.90 Å². The van der Waals surface area contributed by atoms with Gasteiger partial charge in [0.25, 0.3) is 0 Å². The van der Waals surface area contributed by atoms with Crippen LogP contribution in [-0.4, -0.2) is 89.7 Å².